The molecule has 2 heterocycles. The van der Waals surface area contributed by atoms with E-state index in [1.54, 1.807) is 26.4 Å². The Balaban J connectivity index is 1.20. The van der Waals surface area contributed by atoms with Crippen molar-refractivity contribution in [3.8, 4) is 11.5 Å². The average molecular weight is 463 g/mol. The van der Waals surface area contributed by atoms with Crippen molar-refractivity contribution < 1.29 is 14.3 Å². The lowest BCUT2D eigenvalue weighted by Crippen LogP contribution is -2.41. The second kappa shape index (κ2) is 9.44. The topological polar surface area (TPSA) is 86.6 Å². The van der Waals surface area contributed by atoms with E-state index in [1.807, 2.05) is 29.2 Å². The minimum Gasteiger partial charge on any atom is -0.493 e. The Bertz CT molecular complexity index is 1260. The standard InChI is InChI=1S/C26H30N4O4/c1-33-23-13-19-11-12-29(16-20(19)14-24(23)34-2)25(31)18-9-7-17(8-10-18)15-30-26(32)21-5-3-4-6-22(21)27-28-30/h3-6,13-14,17-18H,7-12,15-16H2,1-2H3. The van der Waals surface area contributed by atoms with Crippen LogP contribution < -0.4 is 15.0 Å². The molecule has 1 aromatic heterocycles. The molecule has 1 saturated carbocycles. The molecule has 0 atom stereocenters. The second-order valence-corrected chi connectivity index (χ2v) is 9.30. The normalized spacial score (nSPS) is 20.1. The van der Waals surface area contributed by atoms with Crippen LogP contribution in [0.4, 0.5) is 0 Å². The van der Waals surface area contributed by atoms with Crippen LogP contribution in [0.1, 0.15) is 36.8 Å². The largest absolute Gasteiger partial charge is 0.493 e. The smallest absolute Gasteiger partial charge is 0.277 e. The molecule has 0 spiro atoms. The number of carbonyl (C=O) groups is 1. The lowest BCUT2D eigenvalue weighted by atomic mass is 9.81. The van der Waals surface area contributed by atoms with Crippen LogP contribution in [0, 0.1) is 11.8 Å². The SMILES string of the molecule is COc1cc2c(cc1OC)CN(C(=O)C1CCC(Cn3nnc4ccccc4c3=O)CC1)CC2. The molecule has 1 aliphatic carbocycles. The summed E-state index contributed by atoms with van der Waals surface area (Å²) in [6, 6.07) is 11.3. The van der Waals surface area contributed by atoms with E-state index in [2.05, 4.69) is 10.3 Å². The Labute approximate surface area is 198 Å². The molecule has 0 unspecified atom stereocenters. The van der Waals surface area contributed by atoms with Gasteiger partial charge in [0.25, 0.3) is 5.56 Å². The first-order chi connectivity index (χ1) is 16.6. The molecule has 0 N–H and O–H groups in total. The van der Waals surface area contributed by atoms with Crippen LogP contribution in [0.3, 0.4) is 0 Å². The number of carbonyl (C=O) groups excluding carboxylic acids is 1. The van der Waals surface area contributed by atoms with Crippen molar-refractivity contribution in [1.82, 2.24) is 19.9 Å². The zero-order chi connectivity index (χ0) is 23.7. The van der Waals surface area contributed by atoms with E-state index in [0.29, 0.717) is 35.7 Å². The highest BCUT2D eigenvalue weighted by molar-refractivity contribution is 5.79. The fourth-order valence-corrected chi connectivity index (χ4v) is 5.31. The number of methoxy groups -OCH3 is 2. The first kappa shape index (κ1) is 22.4. The predicted octanol–water partition coefficient (Wildman–Crippen LogP) is 3.20. The zero-order valence-electron chi connectivity index (χ0n) is 19.7. The Kier molecular flexibility index (Phi) is 6.22. The molecular weight excluding hydrogens is 432 g/mol. The molecule has 5 rings (SSSR count). The molecule has 1 amide bonds. The molecule has 0 bridgehead atoms. The summed E-state index contributed by atoms with van der Waals surface area (Å²) in [5.74, 6) is 2.03. The highest BCUT2D eigenvalue weighted by atomic mass is 16.5. The number of nitrogens with zero attached hydrogens (tertiary/aromatic N) is 4. The van der Waals surface area contributed by atoms with Gasteiger partial charge in [-0.25, -0.2) is 4.68 Å². The van der Waals surface area contributed by atoms with Gasteiger partial charge in [0, 0.05) is 25.6 Å². The fourth-order valence-electron chi connectivity index (χ4n) is 5.31. The first-order valence-electron chi connectivity index (χ1n) is 11.9. The molecule has 178 valence electrons. The summed E-state index contributed by atoms with van der Waals surface area (Å²) in [6.07, 6.45) is 4.32. The minimum atomic E-state index is -0.0946. The summed E-state index contributed by atoms with van der Waals surface area (Å²) in [5.41, 5.74) is 2.87. The molecule has 3 aromatic rings. The number of benzene rings is 2. The number of aromatic nitrogens is 3. The van der Waals surface area contributed by atoms with Crippen LogP contribution in [0.2, 0.25) is 0 Å². The number of hydrogen-bond donors (Lipinski definition) is 0. The highest BCUT2D eigenvalue weighted by Gasteiger charge is 2.32. The lowest BCUT2D eigenvalue weighted by molar-refractivity contribution is -0.137. The summed E-state index contributed by atoms with van der Waals surface area (Å²) < 4.78 is 12.3. The van der Waals surface area contributed by atoms with E-state index < -0.39 is 0 Å². The van der Waals surface area contributed by atoms with Gasteiger partial charge in [-0.15, -0.1) is 5.10 Å². The number of fused-ring (bicyclic) bond motifs is 2. The van der Waals surface area contributed by atoms with Gasteiger partial charge in [0.2, 0.25) is 5.91 Å². The van der Waals surface area contributed by atoms with Crippen LogP contribution in [-0.4, -0.2) is 46.6 Å². The number of rotatable bonds is 5. The Morgan fingerprint density at radius 2 is 1.74 bits per heavy atom. The monoisotopic (exact) mass is 462 g/mol. The molecule has 8 nitrogen and oxygen atoms in total. The maximum absolute atomic E-state index is 13.3. The third kappa shape index (κ3) is 4.24. The predicted molar refractivity (Wildman–Crippen MR) is 128 cm³/mol. The molecule has 1 fully saturated rings. The van der Waals surface area contributed by atoms with Crippen LogP contribution in [0.5, 0.6) is 11.5 Å². The Morgan fingerprint density at radius 1 is 1.03 bits per heavy atom. The van der Waals surface area contributed by atoms with E-state index in [1.165, 1.54) is 10.2 Å². The van der Waals surface area contributed by atoms with Crippen molar-refractivity contribution in [3.05, 3.63) is 57.9 Å². The van der Waals surface area contributed by atoms with Gasteiger partial charge in [0.15, 0.2) is 11.5 Å². The van der Waals surface area contributed by atoms with Crippen molar-refractivity contribution in [2.45, 2.75) is 45.2 Å². The lowest BCUT2D eigenvalue weighted by Gasteiger charge is -2.35. The maximum Gasteiger partial charge on any atom is 0.277 e. The van der Waals surface area contributed by atoms with Crippen molar-refractivity contribution >= 4 is 16.8 Å². The molecule has 0 saturated heterocycles. The van der Waals surface area contributed by atoms with Crippen LogP contribution in [0.15, 0.2) is 41.2 Å². The zero-order valence-corrected chi connectivity index (χ0v) is 19.7. The molecular formula is C26H30N4O4. The van der Waals surface area contributed by atoms with E-state index in [0.717, 1.165) is 50.0 Å². The minimum absolute atomic E-state index is 0.0392. The van der Waals surface area contributed by atoms with Crippen molar-refractivity contribution in [1.29, 1.82) is 0 Å². The quantitative estimate of drug-likeness (QED) is 0.579. The van der Waals surface area contributed by atoms with Crippen molar-refractivity contribution in [2.24, 2.45) is 11.8 Å². The van der Waals surface area contributed by atoms with Gasteiger partial charge < -0.3 is 14.4 Å². The van der Waals surface area contributed by atoms with Crippen LogP contribution in [-0.2, 0) is 24.3 Å². The van der Waals surface area contributed by atoms with Crippen molar-refractivity contribution in [3.63, 3.8) is 0 Å². The second-order valence-electron chi connectivity index (χ2n) is 9.30. The molecule has 8 heteroatoms. The fraction of sp³-hybridized carbons (Fsp3) is 0.462. The summed E-state index contributed by atoms with van der Waals surface area (Å²) in [6.45, 7) is 1.89. The van der Waals surface area contributed by atoms with Gasteiger partial charge in [0.05, 0.1) is 19.6 Å². The van der Waals surface area contributed by atoms with Crippen LogP contribution >= 0.6 is 0 Å². The summed E-state index contributed by atoms with van der Waals surface area (Å²) in [7, 11) is 3.27. The van der Waals surface area contributed by atoms with Crippen LogP contribution in [0.25, 0.3) is 10.9 Å². The number of hydrogen-bond acceptors (Lipinski definition) is 6. The highest BCUT2D eigenvalue weighted by Crippen LogP contribution is 2.35. The van der Waals surface area contributed by atoms with Gasteiger partial charge in [-0.1, -0.05) is 17.3 Å². The molecule has 2 aliphatic rings. The molecule has 34 heavy (non-hydrogen) atoms. The summed E-state index contributed by atoms with van der Waals surface area (Å²) in [4.78, 5) is 28.0. The maximum atomic E-state index is 13.3. The molecule has 2 aromatic carbocycles. The van der Waals surface area contributed by atoms with Gasteiger partial charge in [-0.2, -0.15) is 0 Å². The molecule has 0 radical (unpaired) electrons. The average Bonchev–Trinajstić information content (AvgIpc) is 2.89. The summed E-state index contributed by atoms with van der Waals surface area (Å²) in [5, 5.41) is 8.92. The van der Waals surface area contributed by atoms with E-state index in [-0.39, 0.29) is 17.4 Å². The Morgan fingerprint density at radius 3 is 2.47 bits per heavy atom. The Hall–Kier alpha value is -3.42. The van der Waals surface area contributed by atoms with E-state index >= 15 is 0 Å². The third-order valence-corrected chi connectivity index (χ3v) is 7.29. The first-order valence-corrected chi connectivity index (χ1v) is 11.9. The van der Waals surface area contributed by atoms with Gasteiger partial charge >= 0.3 is 0 Å². The summed E-state index contributed by atoms with van der Waals surface area (Å²) >= 11 is 0. The number of ether oxygens (including phenoxy) is 2. The van der Waals surface area contributed by atoms with Gasteiger partial charge in [-0.3, -0.25) is 9.59 Å². The number of amides is 1. The van der Waals surface area contributed by atoms with Gasteiger partial charge in [0.1, 0.15) is 5.52 Å². The van der Waals surface area contributed by atoms with Gasteiger partial charge in [-0.05, 0) is 73.4 Å². The third-order valence-electron chi connectivity index (χ3n) is 7.29. The van der Waals surface area contributed by atoms with E-state index in [4.69, 9.17) is 9.47 Å². The van der Waals surface area contributed by atoms with Crippen molar-refractivity contribution in [2.75, 3.05) is 20.8 Å². The van der Waals surface area contributed by atoms with E-state index in [9.17, 15) is 9.59 Å². The molecule has 1 aliphatic heterocycles.